The lowest BCUT2D eigenvalue weighted by molar-refractivity contribution is -0.138. The van der Waals surface area contributed by atoms with Crippen LogP contribution in [0.4, 0.5) is 23.7 Å². The number of nitrogens with zero attached hydrogens (tertiary/aromatic N) is 1. The van der Waals surface area contributed by atoms with Crippen LogP contribution in [0.15, 0.2) is 60.7 Å². The third kappa shape index (κ3) is 4.99. The minimum Gasteiger partial charge on any atom is -0.493 e. The number of alkyl halides is 3. The van der Waals surface area contributed by atoms with Gasteiger partial charge in [0.05, 0.1) is 12.2 Å². The van der Waals surface area contributed by atoms with Crippen LogP contribution in [0, 0.1) is 0 Å². The van der Waals surface area contributed by atoms with E-state index in [1.165, 1.54) is 31.1 Å². The molecule has 0 spiro atoms. The second kappa shape index (κ2) is 8.43. The van der Waals surface area contributed by atoms with Crippen LogP contribution in [-0.4, -0.2) is 31.6 Å². The highest BCUT2D eigenvalue weighted by molar-refractivity contribution is 5.89. The highest BCUT2D eigenvalue weighted by Crippen LogP contribution is 2.38. The van der Waals surface area contributed by atoms with Gasteiger partial charge in [0.2, 0.25) is 0 Å². The summed E-state index contributed by atoms with van der Waals surface area (Å²) in [4.78, 5) is 12.9. The van der Waals surface area contributed by atoms with Crippen molar-refractivity contribution in [3.05, 3.63) is 71.8 Å². The van der Waals surface area contributed by atoms with Crippen molar-refractivity contribution >= 4 is 22.5 Å². The quantitative estimate of drug-likeness (QED) is 0.606. The van der Waals surface area contributed by atoms with E-state index in [0.29, 0.717) is 6.42 Å². The van der Waals surface area contributed by atoms with Gasteiger partial charge < -0.3 is 15.0 Å². The first-order valence-corrected chi connectivity index (χ1v) is 9.04. The van der Waals surface area contributed by atoms with E-state index >= 15 is 0 Å². The van der Waals surface area contributed by atoms with E-state index in [9.17, 15) is 18.0 Å². The van der Waals surface area contributed by atoms with Gasteiger partial charge in [-0.3, -0.25) is 0 Å². The molecular weight excluding hydrogens is 381 g/mol. The maximum absolute atomic E-state index is 13.5. The summed E-state index contributed by atoms with van der Waals surface area (Å²) >= 11 is 0. The van der Waals surface area contributed by atoms with E-state index in [1.54, 1.807) is 0 Å². The summed E-state index contributed by atoms with van der Waals surface area (Å²) in [6.45, 7) is 0.0977. The lowest BCUT2D eigenvalue weighted by atomic mass is 10.0. The molecule has 29 heavy (non-hydrogen) atoms. The van der Waals surface area contributed by atoms with Gasteiger partial charge in [-0.15, -0.1) is 0 Å². The van der Waals surface area contributed by atoms with Gasteiger partial charge in [-0.2, -0.15) is 13.2 Å². The lowest BCUT2D eigenvalue weighted by Crippen LogP contribution is -2.27. The number of hydrogen-bond acceptors (Lipinski definition) is 2. The lowest BCUT2D eigenvalue weighted by Gasteiger charge is -2.17. The number of halogens is 3. The van der Waals surface area contributed by atoms with Gasteiger partial charge >= 0.3 is 12.2 Å². The molecule has 0 aliphatic heterocycles. The Hall–Kier alpha value is -3.22. The summed E-state index contributed by atoms with van der Waals surface area (Å²) in [5, 5.41) is 4.54. The molecule has 0 aromatic heterocycles. The van der Waals surface area contributed by atoms with Gasteiger partial charge in [0, 0.05) is 26.2 Å². The average molecular weight is 402 g/mol. The Morgan fingerprint density at radius 2 is 1.76 bits per heavy atom. The predicted octanol–water partition coefficient (Wildman–Crippen LogP) is 5.57. The fraction of sp³-hybridized carbons (Fsp3) is 0.227. The Morgan fingerprint density at radius 1 is 1.03 bits per heavy atom. The van der Waals surface area contributed by atoms with E-state index in [1.807, 2.05) is 42.5 Å². The van der Waals surface area contributed by atoms with Crippen molar-refractivity contribution in [3.8, 4) is 5.75 Å². The molecule has 7 heteroatoms. The van der Waals surface area contributed by atoms with Crippen molar-refractivity contribution in [1.29, 1.82) is 0 Å². The van der Waals surface area contributed by atoms with E-state index in [4.69, 9.17) is 4.74 Å². The fourth-order valence-corrected chi connectivity index (χ4v) is 2.97. The van der Waals surface area contributed by atoms with Crippen molar-refractivity contribution in [2.75, 3.05) is 26.0 Å². The molecule has 0 radical (unpaired) electrons. The molecule has 0 saturated heterocycles. The summed E-state index contributed by atoms with van der Waals surface area (Å²) < 4.78 is 45.9. The van der Waals surface area contributed by atoms with Crippen LogP contribution in [-0.2, 0) is 12.6 Å². The largest absolute Gasteiger partial charge is 0.493 e. The molecule has 0 heterocycles. The molecule has 0 saturated carbocycles. The fourth-order valence-electron chi connectivity index (χ4n) is 2.97. The van der Waals surface area contributed by atoms with Crippen LogP contribution in [0.5, 0.6) is 5.75 Å². The number of fused-ring (bicyclic) bond motifs is 1. The Labute approximate surface area is 166 Å². The minimum absolute atomic E-state index is 0.0532. The summed E-state index contributed by atoms with van der Waals surface area (Å²) in [5.41, 5.74) is 0.135. The first kappa shape index (κ1) is 20.5. The minimum atomic E-state index is -4.60. The molecule has 0 bridgehead atoms. The van der Waals surface area contributed by atoms with Crippen LogP contribution in [0.3, 0.4) is 0 Å². The SMILES string of the molecule is CN(C)C(=O)Nc1ccc(OCCc2cccc3ccccc23)c(C(F)(F)F)c1. The maximum Gasteiger partial charge on any atom is 0.420 e. The Morgan fingerprint density at radius 3 is 2.48 bits per heavy atom. The number of hydrogen-bond donors (Lipinski definition) is 1. The number of amides is 2. The summed E-state index contributed by atoms with van der Waals surface area (Å²) in [6.07, 6.45) is -4.13. The molecule has 152 valence electrons. The van der Waals surface area contributed by atoms with Gasteiger partial charge in [-0.05, 0) is 34.5 Å². The number of urea groups is 1. The van der Waals surface area contributed by atoms with Crippen molar-refractivity contribution in [2.45, 2.75) is 12.6 Å². The number of rotatable bonds is 5. The third-order valence-electron chi connectivity index (χ3n) is 4.45. The number of benzene rings is 3. The molecule has 0 aliphatic rings. The molecule has 0 atom stereocenters. The van der Waals surface area contributed by atoms with Gasteiger partial charge in [-0.1, -0.05) is 42.5 Å². The normalized spacial score (nSPS) is 11.3. The third-order valence-corrected chi connectivity index (χ3v) is 4.45. The topological polar surface area (TPSA) is 41.6 Å². The van der Waals surface area contributed by atoms with E-state index < -0.39 is 17.8 Å². The summed E-state index contributed by atoms with van der Waals surface area (Å²) in [6, 6.07) is 16.7. The highest BCUT2D eigenvalue weighted by Gasteiger charge is 2.35. The van der Waals surface area contributed by atoms with Crippen LogP contribution in [0.2, 0.25) is 0 Å². The van der Waals surface area contributed by atoms with Crippen LogP contribution < -0.4 is 10.1 Å². The van der Waals surface area contributed by atoms with Crippen molar-refractivity contribution in [3.63, 3.8) is 0 Å². The van der Waals surface area contributed by atoms with Gasteiger partial charge in [0.1, 0.15) is 5.75 Å². The first-order valence-electron chi connectivity index (χ1n) is 9.04. The first-order chi connectivity index (χ1) is 13.8. The van der Waals surface area contributed by atoms with Crippen molar-refractivity contribution in [2.24, 2.45) is 0 Å². The van der Waals surface area contributed by atoms with E-state index in [0.717, 1.165) is 22.4 Å². The van der Waals surface area contributed by atoms with Gasteiger partial charge in [0.25, 0.3) is 0 Å². The number of nitrogens with one attached hydrogen (secondary N) is 1. The number of carbonyl (C=O) groups excluding carboxylic acids is 1. The molecule has 3 aromatic carbocycles. The molecule has 3 aromatic rings. The zero-order valence-corrected chi connectivity index (χ0v) is 16.1. The Kier molecular flexibility index (Phi) is 5.96. The van der Waals surface area contributed by atoms with E-state index in [-0.39, 0.29) is 18.0 Å². The van der Waals surface area contributed by atoms with Crippen LogP contribution in [0.1, 0.15) is 11.1 Å². The van der Waals surface area contributed by atoms with Crippen LogP contribution in [0.25, 0.3) is 10.8 Å². The van der Waals surface area contributed by atoms with Crippen LogP contribution >= 0.6 is 0 Å². The monoisotopic (exact) mass is 402 g/mol. The zero-order valence-electron chi connectivity index (χ0n) is 16.1. The summed E-state index contributed by atoms with van der Waals surface area (Å²) in [7, 11) is 3.01. The second-order valence-corrected chi connectivity index (χ2v) is 6.77. The molecular formula is C22H21F3N2O2. The molecule has 3 rings (SSSR count). The number of carbonyl (C=O) groups is 1. The second-order valence-electron chi connectivity index (χ2n) is 6.77. The number of anilines is 1. The highest BCUT2D eigenvalue weighted by atomic mass is 19.4. The smallest absolute Gasteiger partial charge is 0.420 e. The van der Waals surface area contributed by atoms with Gasteiger partial charge in [0.15, 0.2) is 0 Å². The van der Waals surface area contributed by atoms with Crippen molar-refractivity contribution in [1.82, 2.24) is 4.90 Å². The standard InChI is InChI=1S/C22H21F3N2O2/c1-27(2)21(28)26-17-10-11-20(19(14-17)22(23,24)25)29-13-12-16-8-5-7-15-6-3-4-9-18(15)16/h3-11,14H,12-13H2,1-2H3,(H,26,28). The average Bonchev–Trinajstić information content (AvgIpc) is 2.68. The maximum atomic E-state index is 13.5. The number of ether oxygens (including phenoxy) is 1. The molecule has 2 amide bonds. The predicted molar refractivity (Wildman–Crippen MR) is 107 cm³/mol. The Balaban J connectivity index is 1.76. The molecule has 4 nitrogen and oxygen atoms in total. The molecule has 0 aliphatic carbocycles. The summed E-state index contributed by atoms with van der Waals surface area (Å²) in [5.74, 6) is -0.263. The molecule has 1 N–H and O–H groups in total. The van der Waals surface area contributed by atoms with Gasteiger partial charge in [-0.25, -0.2) is 4.79 Å². The zero-order chi connectivity index (χ0) is 21.0. The Bertz CT molecular complexity index is 1010. The molecule has 0 fully saturated rings. The van der Waals surface area contributed by atoms with E-state index in [2.05, 4.69) is 5.32 Å². The van der Waals surface area contributed by atoms with Crippen molar-refractivity contribution < 1.29 is 22.7 Å². The molecule has 0 unspecified atom stereocenters.